The largest absolute Gasteiger partial charge is 0.378 e. The van der Waals surface area contributed by atoms with Crippen molar-refractivity contribution in [3.05, 3.63) is 34.4 Å². The maximum Gasteiger partial charge on any atom is 0.359 e. The highest BCUT2D eigenvalue weighted by atomic mass is 16.5. The number of ether oxygens (including phenoxy) is 2. The molecule has 2 rings (SSSR count). The summed E-state index contributed by atoms with van der Waals surface area (Å²) in [7, 11) is 1.38. The summed E-state index contributed by atoms with van der Waals surface area (Å²) in [6.45, 7) is 6.41. The molecule has 1 heterocycles. The van der Waals surface area contributed by atoms with E-state index in [1.54, 1.807) is 4.57 Å². The average molecular weight is 404 g/mol. The Hall–Kier alpha value is -2.66. The number of carbonyl (C=O) groups excluding carboxylic acids is 2. The van der Waals surface area contributed by atoms with Crippen LogP contribution >= 0.6 is 0 Å². The normalized spacial score (nSPS) is 11.8. The number of nitrogens with two attached hydrogens (primary N) is 2. The van der Waals surface area contributed by atoms with Crippen molar-refractivity contribution in [1.82, 2.24) is 14.6 Å². The van der Waals surface area contributed by atoms with Gasteiger partial charge in [-0.1, -0.05) is 0 Å². The number of hydrogen-bond acceptors (Lipinski definition) is 7. The summed E-state index contributed by atoms with van der Waals surface area (Å²) in [5, 5.41) is 0.842. The first kappa shape index (κ1) is 22.6. The molecule has 10 nitrogen and oxygen atoms in total. The molecule has 4 N–H and O–H groups in total. The Kier molecular flexibility index (Phi) is 8.40. The van der Waals surface area contributed by atoms with Crippen LogP contribution in [-0.2, 0) is 16.0 Å². The van der Waals surface area contributed by atoms with Crippen LogP contribution in [0, 0.1) is 13.8 Å². The smallest absolute Gasteiger partial charge is 0.359 e. The van der Waals surface area contributed by atoms with Crippen LogP contribution in [0.15, 0.2) is 17.1 Å². The number of amides is 2. The van der Waals surface area contributed by atoms with Crippen molar-refractivity contribution < 1.29 is 19.1 Å². The molecule has 0 aliphatic heterocycles. The van der Waals surface area contributed by atoms with E-state index in [0.717, 1.165) is 21.7 Å². The van der Waals surface area contributed by atoms with Gasteiger partial charge in [0.2, 0.25) is 0 Å². The summed E-state index contributed by atoms with van der Waals surface area (Å²) < 4.78 is 12.6. The molecule has 10 heteroatoms. The summed E-state index contributed by atoms with van der Waals surface area (Å²) in [4.78, 5) is 32.1. The van der Waals surface area contributed by atoms with Gasteiger partial charge in [-0.2, -0.15) is 4.99 Å². The zero-order chi connectivity index (χ0) is 21.4. The number of aromatic nitrogens is 2. The van der Waals surface area contributed by atoms with Gasteiger partial charge in [0.25, 0.3) is 0 Å². The molecule has 0 unspecified atom stereocenters. The van der Waals surface area contributed by atoms with Crippen LogP contribution in [0.1, 0.15) is 21.6 Å². The van der Waals surface area contributed by atoms with Gasteiger partial charge in [-0.05, 0) is 37.1 Å². The molecule has 2 amide bonds. The van der Waals surface area contributed by atoms with Crippen molar-refractivity contribution in [2.24, 2.45) is 16.6 Å². The molecule has 158 valence electrons. The van der Waals surface area contributed by atoms with Gasteiger partial charge in [0, 0.05) is 20.1 Å². The quantitative estimate of drug-likeness (QED) is 0.201. The van der Waals surface area contributed by atoms with Crippen LogP contribution in [-0.4, -0.2) is 66.9 Å². The first-order chi connectivity index (χ1) is 13.9. The number of aryl methyl sites for hydroxylation is 2. The second-order valence-corrected chi connectivity index (χ2v) is 6.53. The summed E-state index contributed by atoms with van der Waals surface area (Å²) >= 11 is 0. The summed E-state index contributed by atoms with van der Waals surface area (Å²) in [5.41, 5.74) is 9.04. The van der Waals surface area contributed by atoms with Crippen LogP contribution in [0.5, 0.6) is 0 Å². The van der Waals surface area contributed by atoms with E-state index in [2.05, 4.69) is 9.98 Å². The van der Waals surface area contributed by atoms with Crippen LogP contribution in [0.3, 0.4) is 0 Å². The van der Waals surface area contributed by atoms with E-state index >= 15 is 0 Å². The van der Waals surface area contributed by atoms with Crippen LogP contribution in [0.4, 0.5) is 4.79 Å². The highest BCUT2D eigenvalue weighted by molar-refractivity contribution is 5.82. The lowest BCUT2D eigenvalue weighted by Crippen LogP contribution is -2.36. The maximum absolute atomic E-state index is 12.1. The molecule has 0 aliphatic rings. The molecule has 0 atom stereocenters. The minimum atomic E-state index is -0.692. The number of hydrogen-bond donors (Lipinski definition) is 2. The lowest BCUT2D eigenvalue weighted by Gasteiger charge is -2.15. The number of urea groups is 1. The Morgan fingerprint density at radius 3 is 2.48 bits per heavy atom. The Bertz CT molecular complexity index is 938. The van der Waals surface area contributed by atoms with E-state index in [9.17, 15) is 9.59 Å². The van der Waals surface area contributed by atoms with Gasteiger partial charge in [-0.15, -0.1) is 0 Å². The van der Waals surface area contributed by atoms with E-state index in [1.165, 1.54) is 7.05 Å². The third-order valence-corrected chi connectivity index (χ3v) is 4.32. The van der Waals surface area contributed by atoms with E-state index in [1.807, 2.05) is 26.0 Å². The summed E-state index contributed by atoms with van der Waals surface area (Å²) in [5.74, 6) is 5.49. The molecular weight excluding hydrogens is 376 g/mol. The highest BCUT2D eigenvalue weighted by Gasteiger charge is 2.13. The Balaban J connectivity index is 2.45. The second kappa shape index (κ2) is 10.8. The van der Waals surface area contributed by atoms with Crippen molar-refractivity contribution in [3.63, 3.8) is 0 Å². The Labute approximate surface area is 169 Å². The molecule has 0 fully saturated rings. The SMILES string of the molecule is Cc1cc2nc(C=O)/c(=N\C(=O)N(C)N)n(CCOCCOCCN)c2cc1C. The van der Waals surface area contributed by atoms with E-state index in [-0.39, 0.29) is 11.2 Å². The first-order valence-electron chi connectivity index (χ1n) is 9.28. The van der Waals surface area contributed by atoms with Gasteiger partial charge in [0.05, 0.1) is 37.5 Å². The minimum Gasteiger partial charge on any atom is -0.378 e. The molecule has 0 radical (unpaired) electrons. The van der Waals surface area contributed by atoms with E-state index < -0.39 is 6.03 Å². The predicted molar refractivity (Wildman–Crippen MR) is 108 cm³/mol. The van der Waals surface area contributed by atoms with Gasteiger partial charge in [0.1, 0.15) is 5.69 Å². The number of aldehydes is 1. The van der Waals surface area contributed by atoms with Crippen molar-refractivity contribution >= 4 is 23.4 Å². The fraction of sp³-hybridized carbons (Fsp3) is 0.474. The lowest BCUT2D eigenvalue weighted by atomic mass is 10.1. The highest BCUT2D eigenvalue weighted by Crippen LogP contribution is 2.17. The summed E-state index contributed by atoms with van der Waals surface area (Å²) in [6, 6.07) is 3.16. The van der Waals surface area contributed by atoms with Crippen molar-refractivity contribution in [2.75, 3.05) is 40.0 Å². The molecule has 1 aromatic carbocycles. The van der Waals surface area contributed by atoms with E-state index in [0.29, 0.717) is 51.3 Å². The second-order valence-electron chi connectivity index (χ2n) is 6.53. The molecule has 2 aromatic rings. The van der Waals surface area contributed by atoms with Gasteiger partial charge in [0.15, 0.2) is 11.8 Å². The monoisotopic (exact) mass is 404 g/mol. The third-order valence-electron chi connectivity index (χ3n) is 4.32. The number of fused-ring (bicyclic) bond motifs is 1. The lowest BCUT2D eigenvalue weighted by molar-refractivity contribution is 0.0477. The molecule has 0 saturated heterocycles. The number of rotatable bonds is 9. The minimum absolute atomic E-state index is 0.0576. The summed E-state index contributed by atoms with van der Waals surface area (Å²) in [6.07, 6.45) is 0.579. The maximum atomic E-state index is 12.1. The standard InChI is InChI=1S/C19H28N6O4/c1-13-10-15-17(11-14(13)2)25(5-7-29-9-8-28-6-4-20)18(16(12-26)22-15)23-19(27)24(3)21/h10-12H,4-9,20-21H2,1-3H3/b23-18+. The molecular formula is C19H28N6O4. The van der Waals surface area contributed by atoms with Gasteiger partial charge in [-0.25, -0.2) is 15.6 Å². The molecule has 0 bridgehead atoms. The zero-order valence-electron chi connectivity index (χ0n) is 17.1. The number of carbonyl (C=O) groups is 2. The van der Waals surface area contributed by atoms with Crippen molar-refractivity contribution in [2.45, 2.75) is 20.4 Å². The molecule has 0 saturated carbocycles. The fourth-order valence-electron chi connectivity index (χ4n) is 2.68. The van der Waals surface area contributed by atoms with Crippen LogP contribution < -0.4 is 17.1 Å². The first-order valence-corrected chi connectivity index (χ1v) is 9.28. The molecule has 29 heavy (non-hydrogen) atoms. The van der Waals surface area contributed by atoms with Crippen molar-refractivity contribution in [1.29, 1.82) is 0 Å². The van der Waals surface area contributed by atoms with Gasteiger partial charge < -0.3 is 19.8 Å². The van der Waals surface area contributed by atoms with Crippen LogP contribution in [0.25, 0.3) is 11.0 Å². The Morgan fingerprint density at radius 2 is 1.86 bits per heavy atom. The van der Waals surface area contributed by atoms with Gasteiger partial charge >= 0.3 is 6.03 Å². The predicted octanol–water partition coefficient (Wildman–Crippen LogP) is 0.284. The number of benzene rings is 1. The molecule has 0 spiro atoms. The van der Waals surface area contributed by atoms with Crippen molar-refractivity contribution in [3.8, 4) is 0 Å². The fourth-order valence-corrected chi connectivity index (χ4v) is 2.68. The number of nitrogens with zero attached hydrogens (tertiary/aromatic N) is 4. The molecule has 1 aromatic heterocycles. The van der Waals surface area contributed by atoms with Gasteiger partial charge in [-0.3, -0.25) is 9.80 Å². The van der Waals surface area contributed by atoms with E-state index in [4.69, 9.17) is 21.1 Å². The average Bonchev–Trinajstić information content (AvgIpc) is 2.69. The van der Waals surface area contributed by atoms with Crippen LogP contribution in [0.2, 0.25) is 0 Å². The molecule has 0 aliphatic carbocycles. The number of hydrazine groups is 1. The Morgan fingerprint density at radius 1 is 1.21 bits per heavy atom. The third kappa shape index (κ3) is 5.91. The topological polar surface area (TPSA) is 138 Å². The zero-order valence-corrected chi connectivity index (χ0v) is 17.1.